The number of allylic oxidation sites excluding steroid dienone is 4. The molecule has 184 valence electrons. The van der Waals surface area contributed by atoms with Crippen LogP contribution in [-0.2, 0) is 16.1 Å². The molecule has 2 rings (SSSR count). The van der Waals surface area contributed by atoms with Gasteiger partial charge in [0.15, 0.2) is 11.0 Å². The third-order valence-corrected chi connectivity index (χ3v) is 6.89. The van der Waals surface area contributed by atoms with Crippen LogP contribution in [0.25, 0.3) is 12.4 Å². The van der Waals surface area contributed by atoms with Gasteiger partial charge in [0.25, 0.3) is 0 Å². The zero-order valence-electron chi connectivity index (χ0n) is 19.9. The number of halogens is 1. The molecule has 0 spiro atoms. The monoisotopic (exact) mass is 541 g/mol. The molecule has 0 fully saturated rings. The van der Waals surface area contributed by atoms with E-state index in [4.69, 9.17) is 20.7 Å². The summed E-state index contributed by atoms with van der Waals surface area (Å²) in [4.78, 5) is 20.7. The topological polar surface area (TPSA) is 115 Å². The van der Waals surface area contributed by atoms with Crippen molar-refractivity contribution in [3.05, 3.63) is 31.9 Å². The molecule has 1 aromatic rings. The van der Waals surface area contributed by atoms with Crippen molar-refractivity contribution in [3.63, 3.8) is 0 Å². The van der Waals surface area contributed by atoms with Crippen LogP contribution in [0.5, 0.6) is 0 Å². The Balaban J connectivity index is 0.00000172. The standard InChI is InChI=1S/C22H31BrN4O2S.CH5NO/c1-5-25-21(24)20-16(4)27(11-9-7-8-10-12-28)22(26-20)30-19-13-15(3)18(29-6-2)14-17(19)23;1-2-3/h5,12,14-15H,4,6-11,13,24H2,1-3H3;2-3H,1H3/b21-20+,25-5-;. The third-order valence-electron chi connectivity index (χ3n) is 4.79. The van der Waals surface area contributed by atoms with Crippen LogP contribution in [0.1, 0.15) is 52.9 Å². The molecular formula is C23H36BrN5O3S. The van der Waals surface area contributed by atoms with Gasteiger partial charge in [0, 0.05) is 41.5 Å². The van der Waals surface area contributed by atoms with Crippen molar-refractivity contribution in [3.8, 4) is 0 Å². The number of unbranched alkanes of at least 4 members (excludes halogenated alkanes) is 3. The number of thioether (sulfide) groups is 1. The number of nitrogens with one attached hydrogen (secondary N) is 1. The van der Waals surface area contributed by atoms with Crippen LogP contribution in [0.3, 0.4) is 0 Å². The highest BCUT2D eigenvalue weighted by atomic mass is 79.9. The lowest BCUT2D eigenvalue weighted by molar-refractivity contribution is -0.107. The van der Waals surface area contributed by atoms with Crippen molar-refractivity contribution < 1.29 is 14.7 Å². The molecule has 0 radical (unpaired) electrons. The van der Waals surface area contributed by atoms with E-state index >= 15 is 0 Å². The number of nitrogens with zero attached hydrogens (tertiary/aromatic N) is 3. The molecule has 0 aliphatic heterocycles. The molecule has 8 nitrogen and oxygen atoms in total. The van der Waals surface area contributed by atoms with Crippen molar-refractivity contribution >= 4 is 52.6 Å². The molecule has 1 aliphatic carbocycles. The highest BCUT2D eigenvalue weighted by molar-refractivity contribution is 9.12. The van der Waals surface area contributed by atoms with Crippen LogP contribution in [-0.4, -0.2) is 40.9 Å². The molecule has 1 heterocycles. The molecule has 33 heavy (non-hydrogen) atoms. The number of imidazole rings is 1. The van der Waals surface area contributed by atoms with E-state index in [0.29, 0.717) is 30.1 Å². The molecule has 0 saturated carbocycles. The summed E-state index contributed by atoms with van der Waals surface area (Å²) in [5.41, 5.74) is 7.87. The molecule has 1 aliphatic rings. The average molecular weight is 543 g/mol. The first kappa shape index (κ1) is 29.2. The quantitative estimate of drug-likeness (QED) is 0.170. The van der Waals surface area contributed by atoms with E-state index in [0.717, 1.165) is 59.3 Å². The Hall–Kier alpha value is -1.88. The van der Waals surface area contributed by atoms with Gasteiger partial charge >= 0.3 is 0 Å². The summed E-state index contributed by atoms with van der Waals surface area (Å²) >= 11 is 5.33. The molecule has 0 bridgehead atoms. The van der Waals surface area contributed by atoms with E-state index in [-0.39, 0.29) is 0 Å². The van der Waals surface area contributed by atoms with Gasteiger partial charge in [-0.1, -0.05) is 31.7 Å². The van der Waals surface area contributed by atoms with Crippen LogP contribution in [0.2, 0.25) is 0 Å². The fourth-order valence-corrected chi connectivity index (χ4v) is 5.02. The molecule has 1 aromatic heterocycles. The molecular weight excluding hydrogens is 506 g/mol. The zero-order valence-corrected chi connectivity index (χ0v) is 22.3. The Morgan fingerprint density at radius 2 is 2.21 bits per heavy atom. The van der Waals surface area contributed by atoms with Crippen molar-refractivity contribution in [1.82, 2.24) is 15.0 Å². The van der Waals surface area contributed by atoms with E-state index < -0.39 is 0 Å². The number of rotatable bonds is 11. The predicted octanol–water partition coefficient (Wildman–Crippen LogP) is 3.42. The van der Waals surface area contributed by atoms with Crippen molar-refractivity contribution in [2.75, 3.05) is 13.7 Å². The normalized spacial score (nSPS) is 16.9. The number of hydroxylamine groups is 1. The fraction of sp³-hybridized carbons (Fsp3) is 0.522. The zero-order chi connectivity index (χ0) is 24.8. The lowest BCUT2D eigenvalue weighted by atomic mass is 10.0. The van der Waals surface area contributed by atoms with Gasteiger partial charge in [0.1, 0.15) is 17.4 Å². The van der Waals surface area contributed by atoms with Gasteiger partial charge in [-0.15, -0.1) is 0 Å². The molecule has 1 unspecified atom stereocenters. The molecule has 4 N–H and O–H groups in total. The Labute approximate surface area is 208 Å². The van der Waals surface area contributed by atoms with Crippen molar-refractivity contribution in [2.24, 2.45) is 16.6 Å². The largest absolute Gasteiger partial charge is 0.498 e. The fourth-order valence-electron chi connectivity index (χ4n) is 3.23. The Morgan fingerprint density at radius 1 is 1.52 bits per heavy atom. The Bertz CT molecular complexity index is 971. The van der Waals surface area contributed by atoms with E-state index in [1.807, 2.05) is 13.8 Å². The smallest absolute Gasteiger partial charge is 0.173 e. The summed E-state index contributed by atoms with van der Waals surface area (Å²) in [5, 5.41) is 9.56. The van der Waals surface area contributed by atoms with Gasteiger partial charge in [-0.25, -0.2) is 15.5 Å². The van der Waals surface area contributed by atoms with Crippen molar-refractivity contribution in [2.45, 2.75) is 64.6 Å². The van der Waals surface area contributed by atoms with Crippen LogP contribution in [0, 0.1) is 5.92 Å². The SMILES string of the molecule is C=c1/c(=C(N)\N=C/C)nc(SC2=C(Br)C=C(OCC)C(C)C2)n1CCCCCC=O.CNO. The Kier molecular flexibility index (Phi) is 14.0. The second-order valence-electron chi connectivity index (χ2n) is 7.31. The van der Waals surface area contributed by atoms with Crippen molar-refractivity contribution in [1.29, 1.82) is 0 Å². The van der Waals surface area contributed by atoms with E-state index in [9.17, 15) is 4.79 Å². The summed E-state index contributed by atoms with van der Waals surface area (Å²) in [6, 6.07) is 0. The van der Waals surface area contributed by atoms with E-state index in [2.05, 4.69) is 45.1 Å². The summed E-state index contributed by atoms with van der Waals surface area (Å²) in [5.74, 6) is 1.67. The minimum absolute atomic E-state index is 0.306. The maximum absolute atomic E-state index is 10.5. The number of carbonyl (C=O) groups excluding carboxylic acids is 1. The van der Waals surface area contributed by atoms with E-state index in [1.165, 1.54) is 12.0 Å². The number of carbonyl (C=O) groups is 1. The number of nitrogens with two attached hydrogens (primary N) is 1. The maximum Gasteiger partial charge on any atom is 0.173 e. The number of ether oxygens (including phenoxy) is 1. The van der Waals surface area contributed by atoms with Crippen LogP contribution in [0.15, 0.2) is 31.4 Å². The summed E-state index contributed by atoms with van der Waals surface area (Å²) in [6.07, 6.45) is 8.98. The number of hydrogen-bond donors (Lipinski definition) is 3. The first-order valence-corrected chi connectivity index (χ1v) is 12.6. The Morgan fingerprint density at radius 3 is 2.82 bits per heavy atom. The average Bonchev–Trinajstić information content (AvgIpc) is 3.08. The van der Waals surface area contributed by atoms with Gasteiger partial charge < -0.3 is 25.0 Å². The molecule has 10 heteroatoms. The molecule has 0 saturated heterocycles. The van der Waals surface area contributed by atoms with Gasteiger partial charge in [-0.3, -0.25) is 0 Å². The minimum atomic E-state index is 0.306. The molecule has 1 atom stereocenters. The first-order chi connectivity index (χ1) is 15.8. The van der Waals surface area contributed by atoms with Crippen LogP contribution in [0.4, 0.5) is 0 Å². The lowest BCUT2D eigenvalue weighted by Crippen LogP contribution is -2.32. The van der Waals surface area contributed by atoms with Gasteiger partial charge in [0.05, 0.1) is 12.0 Å². The lowest BCUT2D eigenvalue weighted by Gasteiger charge is -2.23. The first-order valence-electron chi connectivity index (χ1n) is 11.0. The van der Waals surface area contributed by atoms with Crippen LogP contribution < -0.4 is 21.9 Å². The highest BCUT2D eigenvalue weighted by Crippen LogP contribution is 2.40. The number of aromatic nitrogens is 2. The third kappa shape index (κ3) is 9.11. The minimum Gasteiger partial charge on any atom is -0.498 e. The summed E-state index contributed by atoms with van der Waals surface area (Å²) in [6.45, 7) is 11.6. The second kappa shape index (κ2) is 15.9. The predicted molar refractivity (Wildman–Crippen MR) is 139 cm³/mol. The van der Waals surface area contributed by atoms with Gasteiger partial charge in [-0.2, -0.15) is 0 Å². The van der Waals surface area contributed by atoms with Gasteiger partial charge in [0.2, 0.25) is 0 Å². The highest BCUT2D eigenvalue weighted by Gasteiger charge is 2.22. The van der Waals surface area contributed by atoms with E-state index in [1.54, 1.807) is 23.5 Å². The number of aliphatic imine (C=N–C) groups is 1. The molecule has 0 amide bonds. The van der Waals surface area contributed by atoms with Crippen LogP contribution >= 0.6 is 27.7 Å². The number of hydrogen-bond acceptors (Lipinski definition) is 8. The molecule has 0 aromatic carbocycles. The number of aldehydes is 1. The summed E-state index contributed by atoms with van der Waals surface area (Å²) < 4.78 is 8.88. The summed E-state index contributed by atoms with van der Waals surface area (Å²) in [7, 11) is 1.43. The van der Waals surface area contributed by atoms with Gasteiger partial charge in [-0.05, 0) is 55.1 Å². The maximum atomic E-state index is 10.5. The second-order valence-corrected chi connectivity index (χ2v) is 9.23.